The molecule has 0 saturated heterocycles. The van der Waals surface area contributed by atoms with E-state index in [0.29, 0.717) is 18.8 Å². The third kappa shape index (κ3) is 3.88. The van der Waals surface area contributed by atoms with E-state index in [2.05, 4.69) is 48.5 Å². The molecule has 0 atom stereocenters. The van der Waals surface area contributed by atoms with Gasteiger partial charge in [-0.05, 0) is 49.6 Å². The van der Waals surface area contributed by atoms with Crippen LogP contribution in [-0.2, 0) is 24.2 Å². The lowest BCUT2D eigenvalue weighted by Crippen LogP contribution is -2.38. The number of aromatic nitrogens is 2. The van der Waals surface area contributed by atoms with Crippen LogP contribution in [0.5, 0.6) is 0 Å². The molecule has 0 fully saturated rings. The molecule has 0 bridgehead atoms. The summed E-state index contributed by atoms with van der Waals surface area (Å²) in [5.74, 6) is 6.31. The van der Waals surface area contributed by atoms with Crippen LogP contribution in [0, 0.1) is 6.92 Å². The number of rotatable bonds is 7. The highest BCUT2D eigenvalue weighted by atomic mass is 16.2. The van der Waals surface area contributed by atoms with Crippen molar-refractivity contribution < 1.29 is 4.79 Å². The van der Waals surface area contributed by atoms with Gasteiger partial charge in [-0.25, -0.2) is 15.8 Å². The standard InChI is InChI=1S/C22H28N4O/c1-4-8-19-17(5-2)18-15-16(3)10-11-20(18)25(19)14-12-22(27)26(23)21-9-6-7-13-24-21/h6-7,9-11,13,15H,4-5,8,12,14,23H2,1-3H3. The van der Waals surface area contributed by atoms with Gasteiger partial charge < -0.3 is 4.57 Å². The Morgan fingerprint density at radius 3 is 2.70 bits per heavy atom. The first kappa shape index (κ1) is 19.1. The summed E-state index contributed by atoms with van der Waals surface area (Å²) in [7, 11) is 0. The summed E-state index contributed by atoms with van der Waals surface area (Å²) in [5, 5.41) is 2.46. The fourth-order valence-electron chi connectivity index (χ4n) is 3.72. The first-order chi connectivity index (χ1) is 13.1. The molecule has 0 aliphatic heterocycles. The van der Waals surface area contributed by atoms with E-state index in [1.807, 2.05) is 6.07 Å². The molecule has 5 nitrogen and oxygen atoms in total. The molecule has 0 radical (unpaired) electrons. The van der Waals surface area contributed by atoms with Gasteiger partial charge in [0.05, 0.1) is 0 Å². The van der Waals surface area contributed by atoms with Crippen LogP contribution in [0.3, 0.4) is 0 Å². The topological polar surface area (TPSA) is 64.2 Å². The zero-order chi connectivity index (χ0) is 19.4. The summed E-state index contributed by atoms with van der Waals surface area (Å²) in [6.45, 7) is 7.14. The van der Waals surface area contributed by atoms with E-state index >= 15 is 0 Å². The zero-order valence-electron chi connectivity index (χ0n) is 16.4. The van der Waals surface area contributed by atoms with Gasteiger partial charge in [0.1, 0.15) is 5.82 Å². The molecule has 3 aromatic rings. The van der Waals surface area contributed by atoms with Crippen LogP contribution in [0.4, 0.5) is 5.82 Å². The van der Waals surface area contributed by atoms with Gasteiger partial charge in [-0.2, -0.15) is 0 Å². The predicted molar refractivity (Wildman–Crippen MR) is 111 cm³/mol. The number of amides is 1. The normalized spacial score (nSPS) is 11.1. The number of hydrogen-bond donors (Lipinski definition) is 1. The monoisotopic (exact) mass is 364 g/mol. The minimum Gasteiger partial charge on any atom is -0.344 e. The Bertz CT molecular complexity index is 930. The van der Waals surface area contributed by atoms with Crippen LogP contribution in [0.15, 0.2) is 42.6 Å². The fourth-order valence-corrected chi connectivity index (χ4v) is 3.72. The van der Waals surface area contributed by atoms with Crippen molar-refractivity contribution in [2.24, 2.45) is 5.84 Å². The molecule has 5 heteroatoms. The van der Waals surface area contributed by atoms with Crippen molar-refractivity contribution >= 4 is 22.6 Å². The molecule has 0 aliphatic rings. The third-order valence-electron chi connectivity index (χ3n) is 5.00. The van der Waals surface area contributed by atoms with Gasteiger partial charge >= 0.3 is 0 Å². The van der Waals surface area contributed by atoms with Crippen LogP contribution in [-0.4, -0.2) is 15.5 Å². The summed E-state index contributed by atoms with van der Waals surface area (Å²) in [6.07, 6.45) is 5.06. The SMILES string of the molecule is CCCc1c(CC)c2cc(C)ccc2n1CCC(=O)N(N)c1ccccn1. The first-order valence-electron chi connectivity index (χ1n) is 9.66. The van der Waals surface area contributed by atoms with E-state index in [9.17, 15) is 4.79 Å². The van der Waals surface area contributed by atoms with Gasteiger partial charge in [-0.1, -0.05) is 38.0 Å². The number of hydrazine groups is 1. The van der Waals surface area contributed by atoms with Gasteiger partial charge in [-0.3, -0.25) is 4.79 Å². The van der Waals surface area contributed by atoms with Gasteiger partial charge in [0, 0.05) is 35.8 Å². The number of nitrogens with zero attached hydrogens (tertiary/aromatic N) is 3. The molecule has 0 saturated carbocycles. The number of hydrogen-bond acceptors (Lipinski definition) is 3. The second-order valence-electron chi connectivity index (χ2n) is 6.90. The average Bonchev–Trinajstić information content (AvgIpc) is 2.98. The number of carbonyl (C=O) groups is 1. The maximum Gasteiger partial charge on any atom is 0.244 e. The van der Waals surface area contributed by atoms with Gasteiger partial charge in [0.25, 0.3) is 0 Å². The van der Waals surface area contributed by atoms with Gasteiger partial charge in [0.2, 0.25) is 5.91 Å². The molecule has 1 amide bonds. The van der Waals surface area contributed by atoms with E-state index in [0.717, 1.165) is 24.3 Å². The Labute approximate surface area is 160 Å². The molecular formula is C22H28N4O. The number of anilines is 1. The van der Waals surface area contributed by atoms with Crippen molar-refractivity contribution in [3.05, 3.63) is 59.4 Å². The molecule has 2 N–H and O–H groups in total. The minimum absolute atomic E-state index is 0.136. The maximum atomic E-state index is 12.6. The molecule has 1 aromatic carbocycles. The van der Waals surface area contributed by atoms with Crippen LogP contribution < -0.4 is 10.9 Å². The van der Waals surface area contributed by atoms with Gasteiger partial charge in [0.15, 0.2) is 0 Å². The van der Waals surface area contributed by atoms with Crippen molar-refractivity contribution in [3.8, 4) is 0 Å². The molecular weight excluding hydrogens is 336 g/mol. The average molecular weight is 364 g/mol. The zero-order valence-corrected chi connectivity index (χ0v) is 16.4. The highest BCUT2D eigenvalue weighted by molar-refractivity contribution is 5.91. The van der Waals surface area contributed by atoms with Crippen molar-refractivity contribution in [2.45, 2.75) is 53.0 Å². The van der Waals surface area contributed by atoms with E-state index in [-0.39, 0.29) is 5.91 Å². The van der Waals surface area contributed by atoms with E-state index in [1.54, 1.807) is 18.3 Å². The summed E-state index contributed by atoms with van der Waals surface area (Å²) < 4.78 is 2.31. The predicted octanol–water partition coefficient (Wildman–Crippen LogP) is 4.16. The summed E-state index contributed by atoms with van der Waals surface area (Å²) in [6, 6.07) is 11.9. The highest BCUT2D eigenvalue weighted by Gasteiger charge is 2.18. The lowest BCUT2D eigenvalue weighted by atomic mass is 10.0. The van der Waals surface area contributed by atoms with Gasteiger partial charge in [-0.15, -0.1) is 0 Å². The van der Waals surface area contributed by atoms with Crippen molar-refractivity contribution in [1.82, 2.24) is 9.55 Å². The number of nitrogens with two attached hydrogens (primary N) is 1. The van der Waals surface area contributed by atoms with E-state index in [4.69, 9.17) is 5.84 Å². The lowest BCUT2D eigenvalue weighted by Gasteiger charge is -2.17. The number of aryl methyl sites for hydroxylation is 3. The molecule has 27 heavy (non-hydrogen) atoms. The second kappa shape index (κ2) is 8.35. The maximum absolute atomic E-state index is 12.6. The largest absolute Gasteiger partial charge is 0.344 e. The van der Waals surface area contributed by atoms with E-state index in [1.165, 1.54) is 27.7 Å². The number of pyridine rings is 1. The Kier molecular flexibility index (Phi) is 5.91. The first-order valence-corrected chi connectivity index (χ1v) is 9.66. The van der Waals surface area contributed by atoms with Crippen LogP contribution in [0.25, 0.3) is 10.9 Å². The molecule has 0 spiro atoms. The molecule has 0 aliphatic carbocycles. The number of carbonyl (C=O) groups excluding carboxylic acids is 1. The van der Waals surface area contributed by atoms with Crippen LogP contribution in [0.2, 0.25) is 0 Å². The van der Waals surface area contributed by atoms with Crippen LogP contribution >= 0.6 is 0 Å². The fraction of sp³-hybridized carbons (Fsp3) is 0.364. The molecule has 3 rings (SSSR count). The lowest BCUT2D eigenvalue weighted by molar-refractivity contribution is -0.118. The molecule has 2 heterocycles. The second-order valence-corrected chi connectivity index (χ2v) is 6.90. The quantitative estimate of drug-likeness (QED) is 0.389. The summed E-state index contributed by atoms with van der Waals surface area (Å²) in [4.78, 5) is 16.8. The molecule has 142 valence electrons. The Hall–Kier alpha value is -2.66. The van der Waals surface area contributed by atoms with Crippen molar-refractivity contribution in [1.29, 1.82) is 0 Å². The molecule has 0 unspecified atom stereocenters. The van der Waals surface area contributed by atoms with Crippen molar-refractivity contribution in [2.75, 3.05) is 5.01 Å². The minimum atomic E-state index is -0.136. The Balaban J connectivity index is 1.89. The summed E-state index contributed by atoms with van der Waals surface area (Å²) in [5.41, 5.74) is 5.21. The molecule has 2 aromatic heterocycles. The van der Waals surface area contributed by atoms with E-state index < -0.39 is 0 Å². The number of benzene rings is 1. The van der Waals surface area contributed by atoms with Crippen molar-refractivity contribution in [3.63, 3.8) is 0 Å². The third-order valence-corrected chi connectivity index (χ3v) is 5.00. The summed E-state index contributed by atoms with van der Waals surface area (Å²) >= 11 is 0. The Morgan fingerprint density at radius 2 is 2.04 bits per heavy atom. The van der Waals surface area contributed by atoms with Crippen LogP contribution in [0.1, 0.15) is 43.5 Å². The Morgan fingerprint density at radius 1 is 1.22 bits per heavy atom. The highest BCUT2D eigenvalue weighted by Crippen LogP contribution is 2.29. The number of fused-ring (bicyclic) bond motifs is 1. The smallest absolute Gasteiger partial charge is 0.244 e.